The van der Waals surface area contributed by atoms with Crippen LogP contribution >= 0.6 is 11.8 Å². The van der Waals surface area contributed by atoms with Crippen molar-refractivity contribution in [2.45, 2.75) is 71.0 Å². The van der Waals surface area contributed by atoms with Gasteiger partial charge >= 0.3 is 17.8 Å². The molecule has 1 amide bonds. The molecule has 1 fully saturated rings. The summed E-state index contributed by atoms with van der Waals surface area (Å²) in [5.74, 6) is -1.62. The van der Waals surface area contributed by atoms with Gasteiger partial charge < -0.3 is 14.2 Å². The van der Waals surface area contributed by atoms with Crippen molar-refractivity contribution in [3.05, 3.63) is 22.5 Å². The fourth-order valence-corrected chi connectivity index (χ4v) is 3.90. The minimum absolute atomic E-state index is 0.0346. The molecule has 0 unspecified atom stereocenters. The number of esters is 1. The first-order valence-electron chi connectivity index (χ1n) is 11.0. The van der Waals surface area contributed by atoms with Gasteiger partial charge in [0.25, 0.3) is 0 Å². The lowest BCUT2D eigenvalue weighted by Crippen LogP contribution is -2.31. The number of amides is 1. The van der Waals surface area contributed by atoms with E-state index in [-0.39, 0.29) is 25.1 Å². The molecular weight excluding hydrogens is 441 g/mol. The Labute approximate surface area is 191 Å². The van der Waals surface area contributed by atoms with Crippen molar-refractivity contribution in [3.8, 4) is 0 Å². The van der Waals surface area contributed by atoms with Gasteiger partial charge in [-0.05, 0) is 6.42 Å². The lowest BCUT2D eigenvalue weighted by molar-refractivity contribution is -0.150. The van der Waals surface area contributed by atoms with Gasteiger partial charge in [-0.1, -0.05) is 52.9 Å². The van der Waals surface area contributed by atoms with Crippen LogP contribution in [0.15, 0.2) is 11.0 Å². The topological polar surface area (TPSA) is 109 Å². The van der Waals surface area contributed by atoms with E-state index in [1.54, 1.807) is 13.8 Å². The van der Waals surface area contributed by atoms with Gasteiger partial charge in [0, 0.05) is 5.75 Å². The van der Waals surface area contributed by atoms with Crippen LogP contribution in [0.3, 0.4) is 0 Å². The van der Waals surface area contributed by atoms with Crippen LogP contribution in [0.4, 0.5) is 15.0 Å². The van der Waals surface area contributed by atoms with Gasteiger partial charge in [0.1, 0.15) is 18.3 Å². The van der Waals surface area contributed by atoms with Crippen LogP contribution in [0, 0.1) is 11.7 Å². The zero-order valence-corrected chi connectivity index (χ0v) is 19.6. The summed E-state index contributed by atoms with van der Waals surface area (Å²) >= 11 is 1.35. The highest BCUT2D eigenvalue weighted by atomic mass is 32.2. The maximum atomic E-state index is 14.4. The Bertz CT molecular complexity index is 819. The van der Waals surface area contributed by atoms with E-state index in [0.717, 1.165) is 42.9 Å². The summed E-state index contributed by atoms with van der Waals surface area (Å²) in [4.78, 5) is 39.3. The average molecular weight is 474 g/mol. The Kier molecular flexibility index (Phi) is 10.9. The summed E-state index contributed by atoms with van der Waals surface area (Å²) in [6.07, 6.45) is 5.58. The molecule has 0 aliphatic carbocycles. The van der Waals surface area contributed by atoms with Crippen molar-refractivity contribution in [2.75, 3.05) is 24.3 Å². The third-order valence-corrected chi connectivity index (χ3v) is 5.83. The lowest BCUT2D eigenvalue weighted by atomic mass is 10.1. The highest BCUT2D eigenvalue weighted by Crippen LogP contribution is 2.31. The van der Waals surface area contributed by atoms with Crippen LogP contribution in [0.2, 0.25) is 0 Å². The monoisotopic (exact) mass is 473 g/mol. The number of thioether (sulfide) groups is 1. The number of carbonyl (C=O) groups is 2. The van der Waals surface area contributed by atoms with E-state index in [2.05, 4.69) is 17.2 Å². The summed E-state index contributed by atoms with van der Waals surface area (Å²) in [5, 5.41) is 2.17. The first-order valence-corrected chi connectivity index (χ1v) is 12.0. The first kappa shape index (κ1) is 26.1. The van der Waals surface area contributed by atoms with Crippen molar-refractivity contribution in [1.29, 1.82) is 0 Å². The predicted molar refractivity (Wildman–Crippen MR) is 119 cm³/mol. The number of nitrogens with one attached hydrogen (secondary N) is 1. The predicted octanol–water partition coefficient (Wildman–Crippen LogP) is 4.08. The van der Waals surface area contributed by atoms with Crippen molar-refractivity contribution < 1.29 is 28.2 Å². The van der Waals surface area contributed by atoms with Crippen molar-refractivity contribution in [2.24, 2.45) is 5.92 Å². The van der Waals surface area contributed by atoms with Gasteiger partial charge in [0.05, 0.1) is 18.7 Å². The number of nitrogens with zero attached hydrogens (tertiary/aromatic N) is 2. The minimum atomic E-state index is -0.885. The largest absolute Gasteiger partial charge is 0.462 e. The van der Waals surface area contributed by atoms with Crippen LogP contribution in [0.25, 0.3) is 0 Å². The minimum Gasteiger partial charge on any atom is -0.462 e. The molecule has 9 nitrogen and oxygen atoms in total. The number of carbonyl (C=O) groups excluding carboxylic acids is 2. The van der Waals surface area contributed by atoms with Crippen LogP contribution in [-0.4, -0.2) is 46.0 Å². The molecule has 0 spiro atoms. The fourth-order valence-electron chi connectivity index (χ4n) is 2.91. The smallest absolute Gasteiger partial charge is 0.412 e. The molecule has 0 aromatic carbocycles. The normalized spacial score (nSPS) is 18.0. The van der Waals surface area contributed by atoms with E-state index in [1.165, 1.54) is 18.2 Å². The molecule has 180 valence electrons. The van der Waals surface area contributed by atoms with Crippen LogP contribution < -0.4 is 11.0 Å². The number of rotatable bonds is 12. The maximum absolute atomic E-state index is 14.4. The Morgan fingerprint density at radius 1 is 1.28 bits per heavy atom. The number of unbranched alkanes of at least 4 members (excludes halogenated alkanes) is 5. The van der Waals surface area contributed by atoms with Gasteiger partial charge in [-0.25, -0.2) is 14.0 Å². The van der Waals surface area contributed by atoms with Gasteiger partial charge in [-0.3, -0.25) is 14.7 Å². The van der Waals surface area contributed by atoms with Crippen molar-refractivity contribution in [3.63, 3.8) is 0 Å². The Morgan fingerprint density at radius 2 is 2.00 bits per heavy atom. The average Bonchev–Trinajstić information content (AvgIpc) is 3.22. The number of hydrogen-bond donors (Lipinski definition) is 1. The summed E-state index contributed by atoms with van der Waals surface area (Å²) < 4.78 is 31.2. The molecule has 0 radical (unpaired) electrons. The molecule has 2 heterocycles. The van der Waals surface area contributed by atoms with E-state index >= 15 is 0 Å². The number of hydrogen-bond acceptors (Lipinski definition) is 8. The molecular formula is C21H32FN3O6S. The molecule has 11 heteroatoms. The Hall–Kier alpha value is -2.14. The SMILES string of the molecule is CCCCCCCCOC(=O)Nc1nc(=O)n([C@@H]2CS[C@H](COC(=O)C(C)C)O2)cc1F. The van der Waals surface area contributed by atoms with E-state index < -0.39 is 35.1 Å². The Balaban J connectivity index is 1.82. The molecule has 2 rings (SSSR count). The van der Waals surface area contributed by atoms with Crippen LogP contribution in [0.5, 0.6) is 0 Å². The fraction of sp³-hybridized carbons (Fsp3) is 0.714. The highest BCUT2D eigenvalue weighted by molar-refractivity contribution is 8.00. The van der Waals surface area contributed by atoms with Crippen molar-refractivity contribution >= 4 is 29.6 Å². The molecule has 1 aromatic rings. The van der Waals surface area contributed by atoms with Crippen molar-refractivity contribution in [1.82, 2.24) is 9.55 Å². The zero-order valence-electron chi connectivity index (χ0n) is 18.8. The Morgan fingerprint density at radius 3 is 2.72 bits per heavy atom. The molecule has 2 atom stereocenters. The molecule has 1 aromatic heterocycles. The zero-order chi connectivity index (χ0) is 23.5. The number of halogens is 1. The summed E-state index contributed by atoms with van der Waals surface area (Å²) in [6, 6.07) is 0. The molecule has 0 bridgehead atoms. The summed E-state index contributed by atoms with van der Waals surface area (Å²) in [5.41, 5.74) is -1.24. The van der Waals surface area contributed by atoms with E-state index in [9.17, 15) is 18.8 Å². The number of aromatic nitrogens is 2. The maximum Gasteiger partial charge on any atom is 0.412 e. The summed E-state index contributed by atoms with van der Waals surface area (Å²) in [6.45, 7) is 5.84. The van der Waals surface area contributed by atoms with E-state index in [1.807, 2.05) is 0 Å². The third-order valence-electron chi connectivity index (χ3n) is 4.74. The van der Waals surface area contributed by atoms with Crippen LogP contribution in [-0.2, 0) is 19.0 Å². The molecule has 1 aliphatic heterocycles. The first-order chi connectivity index (χ1) is 15.3. The molecule has 32 heavy (non-hydrogen) atoms. The van der Waals surface area contributed by atoms with Gasteiger partial charge in [-0.15, -0.1) is 11.8 Å². The second-order valence-electron chi connectivity index (χ2n) is 7.79. The van der Waals surface area contributed by atoms with Gasteiger partial charge in [0.2, 0.25) is 0 Å². The molecule has 1 saturated heterocycles. The highest BCUT2D eigenvalue weighted by Gasteiger charge is 2.30. The molecule has 1 N–H and O–H groups in total. The van der Waals surface area contributed by atoms with Crippen LogP contribution in [0.1, 0.15) is 65.5 Å². The van der Waals surface area contributed by atoms with Gasteiger partial charge in [-0.2, -0.15) is 4.98 Å². The number of anilines is 1. The molecule has 0 saturated carbocycles. The third kappa shape index (κ3) is 8.42. The quantitative estimate of drug-likeness (QED) is 0.357. The van der Waals surface area contributed by atoms with Gasteiger partial charge in [0.15, 0.2) is 11.6 Å². The summed E-state index contributed by atoms with van der Waals surface area (Å²) in [7, 11) is 0. The molecule has 1 aliphatic rings. The standard InChI is InChI=1S/C21H32FN3O6S/c1-4-5-6-7-8-9-10-29-21(28)24-18-15(22)11-25(20(27)23-18)16-13-32-17(31-16)12-30-19(26)14(2)3/h11,14,16-17H,4-10,12-13H2,1-3H3,(H,23,24,27,28)/t16-,17+/m0/s1. The second-order valence-corrected chi connectivity index (χ2v) is 8.99. The lowest BCUT2D eigenvalue weighted by Gasteiger charge is -2.16. The van der Waals surface area contributed by atoms with E-state index in [0.29, 0.717) is 5.75 Å². The number of ether oxygens (including phenoxy) is 3. The van der Waals surface area contributed by atoms with E-state index in [4.69, 9.17) is 14.2 Å². The second kappa shape index (κ2) is 13.4.